The van der Waals surface area contributed by atoms with Gasteiger partial charge in [0.15, 0.2) is 0 Å². The van der Waals surface area contributed by atoms with Gasteiger partial charge in [-0.2, -0.15) is 0 Å². The van der Waals surface area contributed by atoms with Crippen LogP contribution in [0.25, 0.3) is 0 Å². The minimum atomic E-state index is 0.218. The van der Waals surface area contributed by atoms with Crippen LogP contribution in [0.2, 0.25) is 0 Å². The van der Waals surface area contributed by atoms with Crippen molar-refractivity contribution in [1.29, 1.82) is 0 Å². The molecule has 0 spiro atoms. The monoisotopic (exact) mass is 286 g/mol. The Labute approximate surface area is 125 Å². The molecule has 0 aromatic carbocycles. The van der Waals surface area contributed by atoms with Gasteiger partial charge in [0.25, 0.3) is 0 Å². The third-order valence-corrected chi connectivity index (χ3v) is 4.34. The number of carbonyl (C=O) groups is 1. The van der Waals surface area contributed by atoms with Crippen molar-refractivity contribution in [3.63, 3.8) is 0 Å². The van der Waals surface area contributed by atoms with E-state index in [4.69, 9.17) is 0 Å². The molecule has 2 aliphatic heterocycles. The summed E-state index contributed by atoms with van der Waals surface area (Å²) in [7, 11) is 0. The van der Waals surface area contributed by atoms with E-state index < -0.39 is 0 Å². The Morgan fingerprint density at radius 2 is 1.86 bits per heavy atom. The number of aromatic nitrogens is 1. The molecule has 0 radical (unpaired) electrons. The van der Waals surface area contributed by atoms with E-state index in [1.165, 1.54) is 11.1 Å². The van der Waals surface area contributed by atoms with Gasteiger partial charge in [-0.3, -0.25) is 14.7 Å². The Kier molecular flexibility index (Phi) is 4.31. The average molecular weight is 286 g/mol. The van der Waals surface area contributed by atoms with Gasteiger partial charge >= 0.3 is 0 Å². The predicted molar refractivity (Wildman–Crippen MR) is 81.7 cm³/mol. The first kappa shape index (κ1) is 14.2. The van der Waals surface area contributed by atoms with Crippen molar-refractivity contribution in [1.82, 2.24) is 20.1 Å². The second-order valence-corrected chi connectivity index (χ2v) is 5.76. The minimum absolute atomic E-state index is 0.218. The summed E-state index contributed by atoms with van der Waals surface area (Å²) in [6.07, 6.45) is 3.66. The van der Waals surface area contributed by atoms with Gasteiger partial charge in [-0.1, -0.05) is 0 Å². The highest BCUT2D eigenvalue weighted by atomic mass is 16.2. The Hall–Kier alpha value is -1.72. The summed E-state index contributed by atoms with van der Waals surface area (Å²) in [5.74, 6) is 0.218. The Bertz CT molecular complexity index is 526. The Balaban J connectivity index is 1.52. The lowest BCUT2D eigenvalue weighted by Gasteiger charge is -2.35. The molecule has 0 atom stereocenters. The SMILES string of the molecule is CC(C(=O)N1CCN(Cc2ccncc2)CC1)=C1CNC1. The summed E-state index contributed by atoms with van der Waals surface area (Å²) < 4.78 is 0. The fourth-order valence-corrected chi connectivity index (χ4v) is 2.76. The van der Waals surface area contributed by atoms with Crippen molar-refractivity contribution in [2.75, 3.05) is 39.3 Å². The van der Waals surface area contributed by atoms with E-state index in [0.717, 1.165) is 51.4 Å². The van der Waals surface area contributed by atoms with Gasteiger partial charge in [-0.25, -0.2) is 0 Å². The van der Waals surface area contributed by atoms with Crippen molar-refractivity contribution >= 4 is 5.91 Å². The van der Waals surface area contributed by atoms with E-state index in [-0.39, 0.29) is 5.91 Å². The molecular formula is C16H22N4O. The molecule has 0 saturated carbocycles. The van der Waals surface area contributed by atoms with E-state index in [0.29, 0.717) is 0 Å². The lowest BCUT2D eigenvalue weighted by molar-refractivity contribution is -0.129. The molecule has 3 rings (SSSR count). The lowest BCUT2D eigenvalue weighted by Crippen LogP contribution is -2.49. The van der Waals surface area contributed by atoms with Crippen LogP contribution in [0.1, 0.15) is 12.5 Å². The second kappa shape index (κ2) is 6.37. The van der Waals surface area contributed by atoms with Crippen LogP contribution in [0.5, 0.6) is 0 Å². The van der Waals surface area contributed by atoms with Crippen LogP contribution in [0.15, 0.2) is 35.7 Å². The van der Waals surface area contributed by atoms with E-state index in [2.05, 4.69) is 27.3 Å². The van der Waals surface area contributed by atoms with Crippen LogP contribution in [0.3, 0.4) is 0 Å². The fourth-order valence-electron chi connectivity index (χ4n) is 2.76. The number of amides is 1. The standard InChI is InChI=1S/C16H22N4O/c1-13(15-10-18-11-15)16(21)20-8-6-19(7-9-20)12-14-2-4-17-5-3-14/h2-5,18H,6-12H2,1H3. The van der Waals surface area contributed by atoms with Crippen molar-refractivity contribution < 1.29 is 4.79 Å². The lowest BCUT2D eigenvalue weighted by atomic mass is 10.0. The molecule has 1 aromatic rings. The first-order valence-corrected chi connectivity index (χ1v) is 7.54. The van der Waals surface area contributed by atoms with Gasteiger partial charge < -0.3 is 10.2 Å². The highest BCUT2D eigenvalue weighted by Gasteiger charge is 2.24. The highest BCUT2D eigenvalue weighted by molar-refractivity contribution is 5.94. The number of pyridine rings is 1. The molecule has 0 bridgehead atoms. The van der Waals surface area contributed by atoms with Crippen molar-refractivity contribution in [2.24, 2.45) is 0 Å². The maximum absolute atomic E-state index is 12.4. The molecule has 2 saturated heterocycles. The highest BCUT2D eigenvalue weighted by Crippen LogP contribution is 2.14. The zero-order chi connectivity index (χ0) is 14.7. The van der Waals surface area contributed by atoms with Gasteiger partial charge in [-0.15, -0.1) is 0 Å². The smallest absolute Gasteiger partial charge is 0.249 e. The normalized spacial score (nSPS) is 19.3. The van der Waals surface area contributed by atoms with Gasteiger partial charge in [0.1, 0.15) is 0 Å². The molecular weight excluding hydrogens is 264 g/mol. The number of hydrogen-bond donors (Lipinski definition) is 1. The third kappa shape index (κ3) is 3.31. The molecule has 3 heterocycles. The van der Waals surface area contributed by atoms with Crippen LogP contribution in [-0.2, 0) is 11.3 Å². The first-order valence-electron chi connectivity index (χ1n) is 7.54. The molecule has 5 nitrogen and oxygen atoms in total. The molecule has 2 aliphatic rings. The molecule has 21 heavy (non-hydrogen) atoms. The van der Waals surface area contributed by atoms with Crippen molar-refractivity contribution in [2.45, 2.75) is 13.5 Å². The number of hydrogen-bond acceptors (Lipinski definition) is 4. The average Bonchev–Trinajstić information content (AvgIpc) is 2.46. The first-order chi connectivity index (χ1) is 10.2. The Morgan fingerprint density at radius 1 is 1.19 bits per heavy atom. The summed E-state index contributed by atoms with van der Waals surface area (Å²) in [6, 6.07) is 4.10. The minimum Gasteiger partial charge on any atom is -0.336 e. The number of piperazine rings is 1. The number of nitrogens with one attached hydrogen (secondary N) is 1. The fraction of sp³-hybridized carbons (Fsp3) is 0.500. The zero-order valence-electron chi connectivity index (χ0n) is 12.5. The maximum Gasteiger partial charge on any atom is 0.249 e. The van der Waals surface area contributed by atoms with Crippen molar-refractivity contribution in [3.05, 3.63) is 41.2 Å². The molecule has 1 amide bonds. The van der Waals surface area contributed by atoms with Crippen molar-refractivity contribution in [3.8, 4) is 0 Å². The summed E-state index contributed by atoms with van der Waals surface area (Å²) in [5, 5.41) is 3.19. The topological polar surface area (TPSA) is 48.5 Å². The summed E-state index contributed by atoms with van der Waals surface area (Å²) in [4.78, 5) is 20.8. The number of nitrogens with zero attached hydrogens (tertiary/aromatic N) is 3. The molecule has 0 aliphatic carbocycles. The van der Waals surface area contributed by atoms with E-state index >= 15 is 0 Å². The molecule has 1 aromatic heterocycles. The summed E-state index contributed by atoms with van der Waals surface area (Å²) in [5.41, 5.74) is 3.49. The second-order valence-electron chi connectivity index (χ2n) is 5.76. The van der Waals surface area contributed by atoms with Gasteiger partial charge in [0.2, 0.25) is 5.91 Å². The summed E-state index contributed by atoms with van der Waals surface area (Å²) >= 11 is 0. The molecule has 2 fully saturated rings. The molecule has 5 heteroatoms. The van der Waals surface area contributed by atoms with E-state index in [9.17, 15) is 4.79 Å². The van der Waals surface area contributed by atoms with E-state index in [1.807, 2.05) is 24.2 Å². The maximum atomic E-state index is 12.4. The summed E-state index contributed by atoms with van der Waals surface area (Å²) in [6.45, 7) is 8.17. The van der Waals surface area contributed by atoms with Crippen LogP contribution in [0, 0.1) is 0 Å². The predicted octanol–water partition coefficient (Wildman–Crippen LogP) is 0.646. The number of carbonyl (C=O) groups excluding carboxylic acids is 1. The largest absolute Gasteiger partial charge is 0.336 e. The van der Waals surface area contributed by atoms with Gasteiger partial charge in [0, 0.05) is 63.8 Å². The van der Waals surface area contributed by atoms with Crippen LogP contribution >= 0.6 is 0 Å². The molecule has 0 unspecified atom stereocenters. The van der Waals surface area contributed by atoms with Crippen LogP contribution in [-0.4, -0.2) is 60.0 Å². The molecule has 1 N–H and O–H groups in total. The number of rotatable bonds is 3. The van der Waals surface area contributed by atoms with Gasteiger partial charge in [-0.05, 0) is 30.2 Å². The Morgan fingerprint density at radius 3 is 2.43 bits per heavy atom. The van der Waals surface area contributed by atoms with Gasteiger partial charge in [0.05, 0.1) is 0 Å². The third-order valence-electron chi connectivity index (χ3n) is 4.34. The molecule has 112 valence electrons. The van der Waals surface area contributed by atoms with E-state index in [1.54, 1.807) is 0 Å². The van der Waals surface area contributed by atoms with Crippen LogP contribution < -0.4 is 5.32 Å². The zero-order valence-corrected chi connectivity index (χ0v) is 12.5. The van der Waals surface area contributed by atoms with Crippen LogP contribution in [0.4, 0.5) is 0 Å². The quantitative estimate of drug-likeness (QED) is 0.829.